The highest BCUT2D eigenvalue weighted by Gasteiger charge is 2.42. The van der Waals surface area contributed by atoms with Crippen LogP contribution < -0.4 is 5.32 Å². The fourth-order valence-electron chi connectivity index (χ4n) is 2.61. The lowest BCUT2D eigenvalue weighted by molar-refractivity contribution is -0.141. The van der Waals surface area contributed by atoms with Crippen molar-refractivity contribution in [3.8, 4) is 0 Å². The minimum atomic E-state index is -1.13. The van der Waals surface area contributed by atoms with Gasteiger partial charge in [-0.05, 0) is 32.0 Å². The van der Waals surface area contributed by atoms with Gasteiger partial charge < -0.3 is 14.6 Å². The maximum absolute atomic E-state index is 13.8. The van der Waals surface area contributed by atoms with Crippen molar-refractivity contribution in [2.45, 2.75) is 32.3 Å². The number of hydrogen-bond donors (Lipinski definition) is 1. The molecule has 6 heteroatoms. The highest BCUT2D eigenvalue weighted by Crippen LogP contribution is 2.27. The molecule has 24 heavy (non-hydrogen) atoms. The van der Waals surface area contributed by atoms with Gasteiger partial charge in [0.05, 0.1) is 5.71 Å². The SMILES string of the molecule is Cc1ccc(CCNC(=O)C2(C)CC(c3ccccc3F)=NO2)o1. The number of carbonyl (C=O) groups excluding carboxylic acids is 1. The number of carbonyl (C=O) groups is 1. The molecule has 1 unspecified atom stereocenters. The van der Waals surface area contributed by atoms with E-state index >= 15 is 0 Å². The summed E-state index contributed by atoms with van der Waals surface area (Å²) in [5, 5.41) is 6.73. The molecule has 0 aliphatic carbocycles. The van der Waals surface area contributed by atoms with Crippen molar-refractivity contribution in [1.29, 1.82) is 0 Å². The molecule has 2 heterocycles. The summed E-state index contributed by atoms with van der Waals surface area (Å²) in [4.78, 5) is 17.7. The molecular formula is C18H19FN2O3. The van der Waals surface area contributed by atoms with Crippen LogP contribution in [0.2, 0.25) is 0 Å². The van der Waals surface area contributed by atoms with Crippen LogP contribution >= 0.6 is 0 Å². The van der Waals surface area contributed by atoms with Crippen LogP contribution in [0.15, 0.2) is 46.0 Å². The Kier molecular flexibility index (Phi) is 4.38. The minimum Gasteiger partial charge on any atom is -0.466 e. The number of nitrogens with zero attached hydrogens (tertiary/aromatic N) is 1. The van der Waals surface area contributed by atoms with Gasteiger partial charge in [0.15, 0.2) is 0 Å². The number of rotatable bonds is 5. The summed E-state index contributed by atoms with van der Waals surface area (Å²) in [6.07, 6.45) is 0.816. The number of halogens is 1. The molecular weight excluding hydrogens is 311 g/mol. The summed E-state index contributed by atoms with van der Waals surface area (Å²) in [5.74, 6) is 0.998. The van der Waals surface area contributed by atoms with Gasteiger partial charge in [-0.3, -0.25) is 4.79 Å². The normalized spacial score (nSPS) is 19.7. The lowest BCUT2D eigenvalue weighted by Gasteiger charge is -2.20. The zero-order chi connectivity index (χ0) is 17.2. The molecule has 0 saturated heterocycles. The van der Waals surface area contributed by atoms with E-state index in [2.05, 4.69) is 10.5 Å². The van der Waals surface area contributed by atoms with Crippen LogP contribution in [0.4, 0.5) is 4.39 Å². The molecule has 1 atom stereocenters. The lowest BCUT2D eigenvalue weighted by atomic mass is 9.95. The van der Waals surface area contributed by atoms with Gasteiger partial charge in [-0.15, -0.1) is 0 Å². The molecule has 1 aromatic carbocycles. The van der Waals surface area contributed by atoms with Crippen LogP contribution in [0.25, 0.3) is 0 Å². The number of hydrogen-bond acceptors (Lipinski definition) is 4. The predicted molar refractivity (Wildman–Crippen MR) is 87.2 cm³/mol. The minimum absolute atomic E-state index is 0.222. The molecule has 0 bridgehead atoms. The van der Waals surface area contributed by atoms with Gasteiger partial charge in [0.2, 0.25) is 5.60 Å². The Morgan fingerprint density at radius 2 is 2.12 bits per heavy atom. The van der Waals surface area contributed by atoms with Crippen LogP contribution in [0, 0.1) is 12.7 Å². The molecule has 5 nitrogen and oxygen atoms in total. The van der Waals surface area contributed by atoms with Gasteiger partial charge in [0.1, 0.15) is 17.3 Å². The Hall–Kier alpha value is -2.63. The Balaban J connectivity index is 1.57. The molecule has 1 N–H and O–H groups in total. The maximum atomic E-state index is 13.8. The van der Waals surface area contributed by atoms with E-state index in [9.17, 15) is 9.18 Å². The van der Waals surface area contributed by atoms with E-state index in [-0.39, 0.29) is 18.1 Å². The summed E-state index contributed by atoms with van der Waals surface area (Å²) in [6, 6.07) is 10.1. The van der Waals surface area contributed by atoms with Gasteiger partial charge in [-0.1, -0.05) is 23.4 Å². The zero-order valence-electron chi connectivity index (χ0n) is 13.6. The fraction of sp³-hybridized carbons (Fsp3) is 0.333. The largest absolute Gasteiger partial charge is 0.466 e. The number of furan rings is 1. The predicted octanol–water partition coefficient (Wildman–Crippen LogP) is 2.97. The van der Waals surface area contributed by atoms with E-state index in [1.165, 1.54) is 6.07 Å². The van der Waals surface area contributed by atoms with Crippen LogP contribution in [0.3, 0.4) is 0 Å². The van der Waals surface area contributed by atoms with Crippen molar-refractivity contribution in [1.82, 2.24) is 5.32 Å². The van der Waals surface area contributed by atoms with Crippen LogP contribution in [-0.2, 0) is 16.1 Å². The van der Waals surface area contributed by atoms with Gasteiger partial charge in [-0.25, -0.2) is 4.39 Å². The van der Waals surface area contributed by atoms with Gasteiger partial charge in [-0.2, -0.15) is 0 Å². The van der Waals surface area contributed by atoms with Gasteiger partial charge >= 0.3 is 0 Å². The number of nitrogens with one attached hydrogen (secondary N) is 1. The van der Waals surface area contributed by atoms with E-state index < -0.39 is 5.60 Å². The zero-order valence-corrected chi connectivity index (χ0v) is 13.6. The van der Waals surface area contributed by atoms with Crippen LogP contribution in [0.5, 0.6) is 0 Å². The first-order chi connectivity index (χ1) is 11.5. The smallest absolute Gasteiger partial charge is 0.267 e. The first kappa shape index (κ1) is 16.2. The molecule has 3 rings (SSSR count). The monoisotopic (exact) mass is 330 g/mol. The second-order valence-corrected chi connectivity index (χ2v) is 6.04. The number of oxime groups is 1. The molecule has 1 aliphatic heterocycles. The molecule has 0 radical (unpaired) electrons. The Morgan fingerprint density at radius 1 is 1.33 bits per heavy atom. The number of amides is 1. The molecule has 1 amide bonds. The second kappa shape index (κ2) is 6.47. The first-order valence-corrected chi connectivity index (χ1v) is 7.81. The Bertz CT molecular complexity index is 784. The van der Waals surface area contributed by atoms with E-state index in [0.29, 0.717) is 24.2 Å². The quantitative estimate of drug-likeness (QED) is 0.917. The molecule has 1 aromatic heterocycles. The van der Waals surface area contributed by atoms with E-state index in [1.807, 2.05) is 19.1 Å². The van der Waals surface area contributed by atoms with Crippen LogP contribution in [0.1, 0.15) is 30.4 Å². The van der Waals surface area contributed by atoms with E-state index in [4.69, 9.17) is 9.25 Å². The summed E-state index contributed by atoms with van der Waals surface area (Å²) in [7, 11) is 0. The summed E-state index contributed by atoms with van der Waals surface area (Å²) >= 11 is 0. The third-order valence-electron chi connectivity index (χ3n) is 3.98. The Morgan fingerprint density at radius 3 is 2.83 bits per heavy atom. The van der Waals surface area contributed by atoms with Crippen molar-refractivity contribution >= 4 is 11.6 Å². The van der Waals surface area contributed by atoms with Crippen LogP contribution in [-0.4, -0.2) is 23.8 Å². The average Bonchev–Trinajstić information content (AvgIpc) is 3.15. The average molecular weight is 330 g/mol. The van der Waals surface area contributed by atoms with Gasteiger partial charge in [0.25, 0.3) is 5.91 Å². The third kappa shape index (κ3) is 3.32. The topological polar surface area (TPSA) is 63.8 Å². The van der Waals surface area contributed by atoms with Crippen molar-refractivity contribution < 1.29 is 18.4 Å². The standard InChI is InChI=1S/C18H19FN2O3/c1-12-7-8-13(23-12)9-10-20-17(22)18(2)11-16(21-24-18)14-5-3-4-6-15(14)19/h3-8H,9-11H2,1-2H3,(H,20,22). The molecule has 0 spiro atoms. The molecule has 0 saturated carbocycles. The Labute approximate surface area is 139 Å². The molecule has 2 aromatic rings. The van der Waals surface area contributed by atoms with Crippen molar-refractivity contribution in [2.24, 2.45) is 5.16 Å². The number of aryl methyl sites for hydroxylation is 1. The van der Waals surface area contributed by atoms with E-state index in [1.54, 1.807) is 25.1 Å². The third-order valence-corrected chi connectivity index (χ3v) is 3.98. The van der Waals surface area contributed by atoms with Crippen molar-refractivity contribution in [2.75, 3.05) is 6.54 Å². The summed E-state index contributed by atoms with van der Waals surface area (Å²) < 4.78 is 19.3. The van der Waals surface area contributed by atoms with E-state index in [0.717, 1.165) is 11.5 Å². The van der Waals surface area contributed by atoms with Crippen molar-refractivity contribution in [3.63, 3.8) is 0 Å². The van der Waals surface area contributed by atoms with Gasteiger partial charge in [0, 0.05) is 24.9 Å². The molecule has 126 valence electrons. The van der Waals surface area contributed by atoms with Crippen molar-refractivity contribution in [3.05, 3.63) is 59.3 Å². The second-order valence-electron chi connectivity index (χ2n) is 6.04. The summed E-state index contributed by atoms with van der Waals surface area (Å²) in [6.45, 7) is 3.95. The first-order valence-electron chi connectivity index (χ1n) is 7.81. The highest BCUT2D eigenvalue weighted by molar-refractivity contribution is 6.05. The lowest BCUT2D eigenvalue weighted by Crippen LogP contribution is -2.45. The fourth-order valence-corrected chi connectivity index (χ4v) is 2.61. The number of benzene rings is 1. The molecule has 0 fully saturated rings. The highest BCUT2D eigenvalue weighted by atomic mass is 19.1. The molecule has 1 aliphatic rings. The summed E-state index contributed by atoms with van der Waals surface area (Å²) in [5.41, 5.74) is -0.330. The maximum Gasteiger partial charge on any atom is 0.267 e.